The van der Waals surface area contributed by atoms with Crippen molar-refractivity contribution in [1.82, 2.24) is 0 Å². The van der Waals surface area contributed by atoms with E-state index >= 15 is 0 Å². The average Bonchev–Trinajstić information content (AvgIpc) is 2.94. The van der Waals surface area contributed by atoms with Crippen LogP contribution in [0, 0.1) is 0 Å². The number of rotatable bonds is 2. The fourth-order valence-electron chi connectivity index (χ4n) is 2.54. The molecule has 6 nitrogen and oxygen atoms in total. The molecule has 2 heterocycles. The number of aliphatic hydroxyl groups is 3. The molecule has 0 aromatic heterocycles. The van der Waals surface area contributed by atoms with E-state index in [1.807, 2.05) is 0 Å². The molecule has 1 fully saturated rings. The molecule has 2 aliphatic rings. The lowest BCUT2D eigenvalue weighted by molar-refractivity contribution is -0.0218. The summed E-state index contributed by atoms with van der Waals surface area (Å²) in [6.45, 7) is 0.0306. The topological polar surface area (TPSA) is 85.2 Å². The first kappa shape index (κ1) is 14.2. The number of ether oxygens (including phenoxy) is 1. The zero-order valence-corrected chi connectivity index (χ0v) is 11.8. The lowest BCUT2D eigenvalue weighted by Crippen LogP contribution is -2.44. The van der Waals surface area contributed by atoms with Crippen molar-refractivity contribution in [3.63, 3.8) is 0 Å². The summed E-state index contributed by atoms with van der Waals surface area (Å²) in [5.41, 5.74) is 1.51. The Hall–Kier alpha value is -0.760. The van der Waals surface area contributed by atoms with Crippen LogP contribution in [0.15, 0.2) is 12.1 Å². The molecule has 0 amide bonds. The van der Waals surface area contributed by atoms with Crippen molar-refractivity contribution < 1.29 is 20.1 Å². The monoisotopic (exact) mass is 320 g/mol. The molecule has 3 rings (SSSR count). The summed E-state index contributed by atoms with van der Waals surface area (Å²) >= 11 is 12.0. The van der Waals surface area contributed by atoms with E-state index in [-0.39, 0.29) is 6.61 Å². The maximum Gasteiger partial charge on any atom is 0.161 e. The average molecular weight is 321 g/mol. The summed E-state index contributed by atoms with van der Waals surface area (Å²) in [5.74, 6) is 0. The van der Waals surface area contributed by atoms with Gasteiger partial charge in [0.15, 0.2) is 6.23 Å². The van der Waals surface area contributed by atoms with Gasteiger partial charge in [-0.3, -0.25) is 0 Å². The van der Waals surface area contributed by atoms with Crippen LogP contribution >= 0.6 is 23.2 Å². The highest BCUT2D eigenvalue weighted by Gasteiger charge is 2.46. The van der Waals surface area contributed by atoms with E-state index < -0.39 is 24.5 Å². The maximum atomic E-state index is 10.1. The molecule has 0 unspecified atom stereocenters. The third kappa shape index (κ3) is 2.13. The van der Waals surface area contributed by atoms with Crippen LogP contribution in [0.25, 0.3) is 0 Å². The number of nitrogens with one attached hydrogen (secondary N) is 1. The predicted octanol–water partition coefficient (Wildman–Crippen LogP) is 0.622. The lowest BCUT2D eigenvalue weighted by atomic mass is 10.1. The molecule has 8 heteroatoms. The van der Waals surface area contributed by atoms with Crippen LogP contribution in [0.3, 0.4) is 0 Å². The molecule has 0 spiro atoms. The first-order valence-corrected chi connectivity index (χ1v) is 6.90. The first-order chi connectivity index (χ1) is 9.52. The number of aliphatic hydroxyl groups excluding tert-OH is 3. The molecule has 0 bridgehead atoms. The van der Waals surface area contributed by atoms with Crippen molar-refractivity contribution in [2.45, 2.75) is 24.5 Å². The minimum Gasteiger partial charge on any atom is -0.394 e. The quantitative estimate of drug-likeness (QED) is 0.639. The van der Waals surface area contributed by atoms with Gasteiger partial charge in [0.05, 0.1) is 34.7 Å². The summed E-state index contributed by atoms with van der Waals surface area (Å²) < 4.78 is 5.51. The van der Waals surface area contributed by atoms with Gasteiger partial charge in [-0.05, 0) is 12.1 Å². The van der Waals surface area contributed by atoms with Crippen LogP contribution < -0.4 is 10.2 Å². The third-order valence-electron chi connectivity index (χ3n) is 3.61. The smallest absolute Gasteiger partial charge is 0.161 e. The SMILES string of the molecule is OC[C@H]1O[C@@H](N2CNc3cc(Cl)c(Cl)cc32)[C@H](O)[C@@H]1O. The molecular formula is C12H14Cl2N2O4. The Balaban J connectivity index is 1.90. The summed E-state index contributed by atoms with van der Waals surface area (Å²) in [7, 11) is 0. The second kappa shape index (κ2) is 5.22. The minimum atomic E-state index is -1.13. The summed E-state index contributed by atoms with van der Waals surface area (Å²) in [4.78, 5) is 1.74. The van der Waals surface area contributed by atoms with Crippen molar-refractivity contribution in [3.05, 3.63) is 22.2 Å². The number of hydrogen-bond acceptors (Lipinski definition) is 6. The molecule has 1 saturated heterocycles. The van der Waals surface area contributed by atoms with Gasteiger partial charge in [0.1, 0.15) is 18.3 Å². The van der Waals surface area contributed by atoms with E-state index in [1.165, 1.54) is 0 Å². The molecule has 110 valence electrons. The number of benzene rings is 1. The van der Waals surface area contributed by atoms with Crippen LogP contribution in [-0.4, -0.2) is 53.1 Å². The van der Waals surface area contributed by atoms with E-state index in [2.05, 4.69) is 5.32 Å². The summed E-state index contributed by atoms with van der Waals surface area (Å²) in [5, 5.41) is 32.9. The van der Waals surface area contributed by atoms with Gasteiger partial charge in [-0.25, -0.2) is 0 Å². The standard InChI is InChI=1S/C12H14Cl2N2O4/c13-5-1-7-8(2-6(5)14)16(4-15-7)12-11(19)10(18)9(3-17)20-12/h1-2,9-12,15,17-19H,3-4H2/t9-,10-,11-,12-/m1/s1. The van der Waals surface area contributed by atoms with Gasteiger partial charge >= 0.3 is 0 Å². The van der Waals surface area contributed by atoms with Crippen LogP contribution in [0.5, 0.6) is 0 Å². The van der Waals surface area contributed by atoms with E-state index in [0.717, 1.165) is 11.4 Å². The third-order valence-corrected chi connectivity index (χ3v) is 4.33. The van der Waals surface area contributed by atoms with Crippen molar-refractivity contribution in [2.75, 3.05) is 23.5 Å². The Morgan fingerprint density at radius 2 is 1.95 bits per heavy atom. The normalized spacial score (nSPS) is 32.4. The Kier molecular flexibility index (Phi) is 3.70. The van der Waals surface area contributed by atoms with E-state index in [0.29, 0.717) is 16.7 Å². The maximum absolute atomic E-state index is 10.1. The highest BCUT2D eigenvalue weighted by Crippen LogP contribution is 2.41. The zero-order valence-electron chi connectivity index (χ0n) is 10.3. The summed E-state index contributed by atoms with van der Waals surface area (Å²) in [6.07, 6.45) is -3.80. The number of halogens is 2. The molecule has 0 radical (unpaired) electrons. The second-order valence-corrected chi connectivity index (χ2v) is 5.63. The number of fused-ring (bicyclic) bond motifs is 1. The van der Waals surface area contributed by atoms with Gasteiger partial charge in [0.2, 0.25) is 0 Å². The lowest BCUT2D eigenvalue weighted by Gasteiger charge is -2.27. The molecule has 0 saturated carbocycles. The van der Waals surface area contributed by atoms with Gasteiger partial charge in [0.25, 0.3) is 0 Å². The fourth-order valence-corrected chi connectivity index (χ4v) is 2.86. The van der Waals surface area contributed by atoms with Gasteiger partial charge < -0.3 is 30.3 Å². The van der Waals surface area contributed by atoms with Crippen LogP contribution in [-0.2, 0) is 4.74 Å². The van der Waals surface area contributed by atoms with Crippen molar-refractivity contribution in [2.24, 2.45) is 0 Å². The van der Waals surface area contributed by atoms with Crippen LogP contribution in [0.2, 0.25) is 10.0 Å². The first-order valence-electron chi connectivity index (χ1n) is 6.15. The van der Waals surface area contributed by atoms with Crippen LogP contribution in [0.1, 0.15) is 0 Å². The van der Waals surface area contributed by atoms with Gasteiger partial charge in [0, 0.05) is 0 Å². The highest BCUT2D eigenvalue weighted by molar-refractivity contribution is 6.42. The molecule has 0 aliphatic carbocycles. The van der Waals surface area contributed by atoms with Crippen molar-refractivity contribution in [1.29, 1.82) is 0 Å². The predicted molar refractivity (Wildman–Crippen MR) is 75.2 cm³/mol. The Labute approximate surface area is 125 Å². The Morgan fingerprint density at radius 3 is 2.60 bits per heavy atom. The molecule has 4 N–H and O–H groups in total. The van der Waals surface area contributed by atoms with E-state index in [1.54, 1.807) is 17.0 Å². The fraction of sp³-hybridized carbons (Fsp3) is 0.500. The highest BCUT2D eigenvalue weighted by atomic mass is 35.5. The van der Waals surface area contributed by atoms with Crippen molar-refractivity contribution in [3.8, 4) is 0 Å². The Bertz CT molecular complexity index is 530. The molecule has 1 aromatic carbocycles. The molecular weight excluding hydrogens is 307 g/mol. The zero-order chi connectivity index (χ0) is 14.4. The Morgan fingerprint density at radius 1 is 1.25 bits per heavy atom. The number of hydrogen-bond donors (Lipinski definition) is 4. The van der Waals surface area contributed by atoms with E-state index in [9.17, 15) is 10.2 Å². The van der Waals surface area contributed by atoms with Gasteiger partial charge in [-0.15, -0.1) is 0 Å². The molecule has 4 atom stereocenters. The minimum absolute atomic E-state index is 0.357. The van der Waals surface area contributed by atoms with Crippen molar-refractivity contribution >= 4 is 34.6 Å². The van der Waals surface area contributed by atoms with Crippen LogP contribution in [0.4, 0.5) is 11.4 Å². The van der Waals surface area contributed by atoms with Gasteiger partial charge in [-0.2, -0.15) is 0 Å². The largest absolute Gasteiger partial charge is 0.394 e. The number of nitrogens with zero attached hydrogens (tertiary/aromatic N) is 1. The van der Waals surface area contributed by atoms with Gasteiger partial charge in [-0.1, -0.05) is 23.2 Å². The number of anilines is 2. The molecule has 2 aliphatic heterocycles. The van der Waals surface area contributed by atoms with E-state index in [4.69, 9.17) is 33.0 Å². The summed E-state index contributed by atoms with van der Waals surface area (Å²) in [6, 6.07) is 3.37. The molecule has 1 aromatic rings. The molecule has 20 heavy (non-hydrogen) atoms. The second-order valence-electron chi connectivity index (χ2n) is 4.82.